The zero-order chi connectivity index (χ0) is 11.6. The van der Waals surface area contributed by atoms with E-state index in [0.717, 1.165) is 6.54 Å². The van der Waals surface area contributed by atoms with Crippen molar-refractivity contribution >= 4 is 0 Å². The molecule has 2 unspecified atom stereocenters. The molecule has 2 rings (SSSR count). The maximum atomic E-state index is 5.64. The van der Waals surface area contributed by atoms with Gasteiger partial charge in [0.25, 0.3) is 0 Å². The smallest absolute Gasteiger partial charge is 0.0777 e. The summed E-state index contributed by atoms with van der Waals surface area (Å²) in [7, 11) is 1.85. The Bertz CT molecular complexity index is 238. The predicted molar refractivity (Wildman–Crippen MR) is 66.7 cm³/mol. The van der Waals surface area contributed by atoms with Crippen molar-refractivity contribution in [1.82, 2.24) is 10.2 Å². The highest BCUT2D eigenvalue weighted by Crippen LogP contribution is 2.27. The maximum Gasteiger partial charge on any atom is 0.0777 e. The van der Waals surface area contributed by atoms with Crippen molar-refractivity contribution in [3.63, 3.8) is 0 Å². The number of methoxy groups -OCH3 is 1. The highest BCUT2D eigenvalue weighted by molar-refractivity contribution is 4.94. The largest absolute Gasteiger partial charge is 0.377 e. The number of hydrogen-bond acceptors (Lipinski definition) is 3. The molecule has 0 saturated carbocycles. The Morgan fingerprint density at radius 3 is 2.69 bits per heavy atom. The van der Waals surface area contributed by atoms with Crippen LogP contribution in [0.5, 0.6) is 0 Å². The van der Waals surface area contributed by atoms with E-state index in [1.54, 1.807) is 0 Å². The molecule has 0 aromatic rings. The molecule has 2 aliphatic rings. The van der Waals surface area contributed by atoms with Crippen LogP contribution in [-0.2, 0) is 4.74 Å². The van der Waals surface area contributed by atoms with Gasteiger partial charge in [-0.05, 0) is 52.6 Å². The summed E-state index contributed by atoms with van der Waals surface area (Å²) in [5.74, 6) is 0. The minimum absolute atomic E-state index is 0.0766. The van der Waals surface area contributed by atoms with Crippen LogP contribution in [0, 0.1) is 0 Å². The molecule has 2 saturated heterocycles. The Labute approximate surface area is 99.5 Å². The molecular weight excluding hydrogens is 200 g/mol. The minimum Gasteiger partial charge on any atom is -0.377 e. The molecule has 0 aromatic heterocycles. The SMILES string of the molecule is COC1(C)CCCN(CC2(C)CCCN2)C1. The quantitative estimate of drug-likeness (QED) is 0.791. The first-order valence-electron chi connectivity index (χ1n) is 6.58. The van der Waals surface area contributed by atoms with E-state index < -0.39 is 0 Å². The molecule has 3 nitrogen and oxygen atoms in total. The molecular formula is C13H26N2O. The van der Waals surface area contributed by atoms with Gasteiger partial charge in [0.05, 0.1) is 5.60 Å². The third-order valence-corrected chi connectivity index (χ3v) is 4.26. The normalized spacial score (nSPS) is 41.4. The van der Waals surface area contributed by atoms with Gasteiger partial charge in [0.1, 0.15) is 0 Å². The summed E-state index contributed by atoms with van der Waals surface area (Å²) in [6.45, 7) is 9.27. The van der Waals surface area contributed by atoms with E-state index in [1.807, 2.05) is 7.11 Å². The van der Waals surface area contributed by atoms with Crippen LogP contribution < -0.4 is 5.32 Å². The monoisotopic (exact) mass is 226 g/mol. The summed E-state index contributed by atoms with van der Waals surface area (Å²) in [4.78, 5) is 2.57. The lowest BCUT2D eigenvalue weighted by Crippen LogP contribution is -2.54. The molecule has 0 spiro atoms. The van der Waals surface area contributed by atoms with Crippen LogP contribution in [-0.4, -0.2) is 49.3 Å². The van der Waals surface area contributed by atoms with Crippen molar-refractivity contribution in [1.29, 1.82) is 0 Å². The van der Waals surface area contributed by atoms with Gasteiger partial charge in [-0.25, -0.2) is 0 Å². The maximum absolute atomic E-state index is 5.64. The first-order chi connectivity index (χ1) is 7.55. The van der Waals surface area contributed by atoms with Crippen molar-refractivity contribution in [2.45, 2.75) is 50.7 Å². The Morgan fingerprint density at radius 1 is 1.25 bits per heavy atom. The second-order valence-corrected chi connectivity index (χ2v) is 6.06. The summed E-state index contributed by atoms with van der Waals surface area (Å²) in [6.07, 6.45) is 5.10. The van der Waals surface area contributed by atoms with E-state index in [0.29, 0.717) is 5.54 Å². The summed E-state index contributed by atoms with van der Waals surface area (Å²) in [6, 6.07) is 0. The fourth-order valence-corrected chi connectivity index (χ4v) is 3.19. The fraction of sp³-hybridized carbons (Fsp3) is 1.00. The Balaban J connectivity index is 1.90. The molecule has 0 aliphatic carbocycles. The van der Waals surface area contributed by atoms with Crippen LogP contribution >= 0.6 is 0 Å². The van der Waals surface area contributed by atoms with Crippen LogP contribution in [0.25, 0.3) is 0 Å². The predicted octanol–water partition coefficient (Wildman–Crippen LogP) is 1.63. The van der Waals surface area contributed by atoms with Gasteiger partial charge in [-0.1, -0.05) is 0 Å². The molecule has 0 aromatic carbocycles. The molecule has 3 heteroatoms. The number of nitrogens with one attached hydrogen (secondary N) is 1. The van der Waals surface area contributed by atoms with Gasteiger partial charge in [0.15, 0.2) is 0 Å². The van der Waals surface area contributed by atoms with Gasteiger partial charge < -0.3 is 10.1 Å². The lowest BCUT2D eigenvalue weighted by atomic mass is 9.92. The van der Waals surface area contributed by atoms with Gasteiger partial charge in [-0.3, -0.25) is 4.90 Å². The van der Waals surface area contributed by atoms with Gasteiger partial charge >= 0.3 is 0 Å². The van der Waals surface area contributed by atoms with Crippen LogP contribution in [0.4, 0.5) is 0 Å². The zero-order valence-electron chi connectivity index (χ0n) is 11.0. The highest BCUT2D eigenvalue weighted by atomic mass is 16.5. The molecule has 2 fully saturated rings. The standard InChI is InChI=1S/C13H26N2O/c1-12(6-4-8-14-12)10-15-9-5-7-13(2,11-15)16-3/h14H,4-11H2,1-3H3. The molecule has 0 bridgehead atoms. The molecule has 94 valence electrons. The van der Waals surface area contributed by atoms with E-state index >= 15 is 0 Å². The summed E-state index contributed by atoms with van der Waals surface area (Å²) < 4.78 is 5.64. The van der Waals surface area contributed by atoms with Crippen LogP contribution in [0.3, 0.4) is 0 Å². The van der Waals surface area contributed by atoms with E-state index in [2.05, 4.69) is 24.1 Å². The molecule has 0 amide bonds. The van der Waals surface area contributed by atoms with E-state index in [9.17, 15) is 0 Å². The number of ether oxygens (including phenoxy) is 1. The van der Waals surface area contributed by atoms with Crippen molar-refractivity contribution in [2.24, 2.45) is 0 Å². The average Bonchev–Trinajstić information content (AvgIpc) is 2.65. The number of piperidine rings is 1. The van der Waals surface area contributed by atoms with E-state index in [-0.39, 0.29) is 5.60 Å². The summed E-state index contributed by atoms with van der Waals surface area (Å²) in [5.41, 5.74) is 0.416. The second-order valence-electron chi connectivity index (χ2n) is 6.06. The molecule has 1 N–H and O–H groups in total. The van der Waals surface area contributed by atoms with Crippen molar-refractivity contribution in [3.05, 3.63) is 0 Å². The van der Waals surface area contributed by atoms with Gasteiger partial charge in [-0.2, -0.15) is 0 Å². The van der Waals surface area contributed by atoms with Crippen molar-refractivity contribution in [3.8, 4) is 0 Å². The zero-order valence-corrected chi connectivity index (χ0v) is 11.0. The molecule has 0 radical (unpaired) electrons. The fourth-order valence-electron chi connectivity index (χ4n) is 3.19. The van der Waals surface area contributed by atoms with Crippen LogP contribution in [0.1, 0.15) is 39.5 Å². The first-order valence-corrected chi connectivity index (χ1v) is 6.58. The number of hydrogen-bond donors (Lipinski definition) is 1. The molecule has 2 atom stereocenters. The van der Waals surface area contributed by atoms with Gasteiger partial charge in [0, 0.05) is 25.7 Å². The lowest BCUT2D eigenvalue weighted by molar-refractivity contribution is -0.0549. The molecule has 2 heterocycles. The summed E-state index contributed by atoms with van der Waals surface area (Å²) in [5, 5.41) is 3.64. The number of likely N-dealkylation sites (tertiary alicyclic amines) is 1. The van der Waals surface area contributed by atoms with Crippen LogP contribution in [0.2, 0.25) is 0 Å². The van der Waals surface area contributed by atoms with Crippen molar-refractivity contribution < 1.29 is 4.74 Å². The van der Waals surface area contributed by atoms with Gasteiger partial charge in [-0.15, -0.1) is 0 Å². The Morgan fingerprint density at radius 2 is 2.06 bits per heavy atom. The molecule has 16 heavy (non-hydrogen) atoms. The third-order valence-electron chi connectivity index (χ3n) is 4.26. The Kier molecular flexibility index (Phi) is 3.57. The highest BCUT2D eigenvalue weighted by Gasteiger charge is 2.35. The van der Waals surface area contributed by atoms with E-state index in [4.69, 9.17) is 4.74 Å². The van der Waals surface area contributed by atoms with Gasteiger partial charge in [0.2, 0.25) is 0 Å². The molecule has 2 aliphatic heterocycles. The minimum atomic E-state index is 0.0766. The van der Waals surface area contributed by atoms with Crippen LogP contribution in [0.15, 0.2) is 0 Å². The average molecular weight is 226 g/mol. The second kappa shape index (κ2) is 4.63. The topological polar surface area (TPSA) is 24.5 Å². The lowest BCUT2D eigenvalue weighted by Gasteiger charge is -2.42. The Hall–Kier alpha value is -0.120. The van der Waals surface area contributed by atoms with E-state index in [1.165, 1.54) is 45.3 Å². The summed E-state index contributed by atoms with van der Waals surface area (Å²) >= 11 is 0. The third kappa shape index (κ3) is 2.76. The number of nitrogens with zero attached hydrogens (tertiary/aromatic N) is 1. The first kappa shape index (κ1) is 12.3. The number of rotatable bonds is 3. The van der Waals surface area contributed by atoms with Crippen molar-refractivity contribution in [2.75, 3.05) is 33.3 Å².